The molecule has 0 fully saturated rings. The second-order valence-corrected chi connectivity index (χ2v) is 6.29. The number of ether oxygens (including phenoxy) is 2. The third-order valence-corrected chi connectivity index (χ3v) is 4.00. The molecular weight excluding hydrogens is 397 g/mol. The molecule has 0 saturated carbocycles. The molecule has 9 nitrogen and oxygen atoms in total. The third-order valence-electron chi connectivity index (χ3n) is 4.00. The first kappa shape index (κ1) is 20.8. The van der Waals surface area contributed by atoms with E-state index in [0.717, 1.165) is 0 Å². The lowest BCUT2D eigenvalue weighted by atomic mass is 10.1. The normalized spacial score (nSPS) is 14.6. The lowest BCUT2D eigenvalue weighted by Crippen LogP contribution is -2.39. The van der Waals surface area contributed by atoms with Crippen LogP contribution >= 0.6 is 0 Å². The van der Waals surface area contributed by atoms with Crippen molar-refractivity contribution in [2.24, 2.45) is 0 Å². The van der Waals surface area contributed by atoms with Crippen LogP contribution in [0.2, 0.25) is 0 Å². The number of carbonyl (C=O) groups is 4. The summed E-state index contributed by atoms with van der Waals surface area (Å²) in [5.74, 6) is -2.54. The van der Waals surface area contributed by atoms with Crippen LogP contribution in [0.4, 0.5) is 15.8 Å². The van der Waals surface area contributed by atoms with E-state index in [1.807, 2.05) is 0 Å². The van der Waals surface area contributed by atoms with Crippen LogP contribution in [0, 0.1) is 5.82 Å². The summed E-state index contributed by atoms with van der Waals surface area (Å²) in [6.07, 6.45) is -1.45. The number of anilines is 2. The topological polar surface area (TPSA) is 123 Å². The molecule has 30 heavy (non-hydrogen) atoms. The van der Waals surface area contributed by atoms with Gasteiger partial charge in [-0.15, -0.1) is 0 Å². The molecule has 1 aliphatic heterocycles. The van der Waals surface area contributed by atoms with E-state index in [2.05, 4.69) is 16.0 Å². The first-order valence-electron chi connectivity index (χ1n) is 8.95. The van der Waals surface area contributed by atoms with Crippen molar-refractivity contribution in [2.45, 2.75) is 12.5 Å². The Morgan fingerprint density at radius 1 is 1.07 bits per heavy atom. The van der Waals surface area contributed by atoms with Gasteiger partial charge in [0, 0.05) is 5.69 Å². The van der Waals surface area contributed by atoms with E-state index in [0.29, 0.717) is 17.1 Å². The number of fused-ring (bicyclic) bond motifs is 1. The van der Waals surface area contributed by atoms with Gasteiger partial charge in [-0.2, -0.15) is 0 Å². The highest BCUT2D eigenvalue weighted by Gasteiger charge is 2.30. The molecule has 1 atom stereocenters. The Kier molecular flexibility index (Phi) is 6.58. The predicted molar refractivity (Wildman–Crippen MR) is 103 cm³/mol. The largest absolute Gasteiger partial charge is 0.478 e. The minimum atomic E-state index is -1.07. The standard InChI is InChI=1S/C20H18FN3O6/c21-12-5-7-13(8-6-12)23-17(25)10-22-18(26)11-29-19(27)9-16-20(28)24-14-3-1-2-4-15(14)30-16/h1-8,16H,9-11H2,(H,22,26)(H,23,25)(H,24,28). The number of carbonyl (C=O) groups excluding carboxylic acids is 4. The number of benzene rings is 2. The smallest absolute Gasteiger partial charge is 0.310 e. The molecular formula is C20H18FN3O6. The zero-order chi connectivity index (χ0) is 21.5. The quantitative estimate of drug-likeness (QED) is 0.585. The van der Waals surface area contributed by atoms with Crippen molar-refractivity contribution in [1.29, 1.82) is 0 Å². The molecule has 3 N–H and O–H groups in total. The Morgan fingerprint density at radius 3 is 2.57 bits per heavy atom. The Labute approximate surface area is 170 Å². The van der Waals surface area contributed by atoms with Gasteiger partial charge < -0.3 is 25.4 Å². The molecule has 0 aromatic heterocycles. The highest BCUT2D eigenvalue weighted by molar-refractivity contribution is 5.99. The van der Waals surface area contributed by atoms with E-state index >= 15 is 0 Å². The van der Waals surface area contributed by atoms with E-state index < -0.39 is 42.2 Å². The number of hydrogen-bond donors (Lipinski definition) is 3. The van der Waals surface area contributed by atoms with Crippen LogP contribution in [0.1, 0.15) is 6.42 Å². The second kappa shape index (κ2) is 9.50. The highest BCUT2D eigenvalue weighted by Crippen LogP contribution is 2.29. The number of para-hydroxylation sites is 2. The van der Waals surface area contributed by atoms with Crippen molar-refractivity contribution in [3.63, 3.8) is 0 Å². The molecule has 0 aliphatic carbocycles. The second-order valence-electron chi connectivity index (χ2n) is 6.29. The van der Waals surface area contributed by atoms with Gasteiger partial charge in [0.25, 0.3) is 11.8 Å². The Bertz CT molecular complexity index is 963. The average Bonchev–Trinajstić information content (AvgIpc) is 2.73. The SMILES string of the molecule is O=C(COC(=O)CC1Oc2ccccc2NC1=O)NCC(=O)Nc1ccc(F)cc1. The first-order chi connectivity index (χ1) is 14.4. The van der Waals surface area contributed by atoms with Crippen LogP contribution in [0.3, 0.4) is 0 Å². The Balaban J connectivity index is 1.37. The van der Waals surface area contributed by atoms with Gasteiger partial charge in [-0.25, -0.2) is 4.39 Å². The van der Waals surface area contributed by atoms with Crippen molar-refractivity contribution >= 4 is 35.1 Å². The number of esters is 1. The van der Waals surface area contributed by atoms with Crippen molar-refractivity contribution in [3.05, 3.63) is 54.3 Å². The summed E-state index contributed by atoms with van der Waals surface area (Å²) in [5.41, 5.74) is 0.875. The summed E-state index contributed by atoms with van der Waals surface area (Å²) in [6.45, 7) is -0.980. The molecule has 1 aliphatic rings. The molecule has 156 valence electrons. The molecule has 10 heteroatoms. The number of amides is 3. The van der Waals surface area contributed by atoms with Gasteiger partial charge in [-0.05, 0) is 36.4 Å². The van der Waals surface area contributed by atoms with Gasteiger partial charge in [0.1, 0.15) is 11.6 Å². The maximum Gasteiger partial charge on any atom is 0.310 e. The van der Waals surface area contributed by atoms with Crippen LogP contribution in [-0.4, -0.2) is 42.9 Å². The lowest BCUT2D eigenvalue weighted by molar-refractivity contribution is -0.151. The fourth-order valence-electron chi connectivity index (χ4n) is 2.55. The van der Waals surface area contributed by atoms with Gasteiger partial charge >= 0.3 is 5.97 Å². The van der Waals surface area contributed by atoms with E-state index in [1.54, 1.807) is 24.3 Å². The first-order valence-corrected chi connectivity index (χ1v) is 8.95. The van der Waals surface area contributed by atoms with Gasteiger partial charge in [-0.3, -0.25) is 19.2 Å². The third kappa shape index (κ3) is 5.77. The van der Waals surface area contributed by atoms with Crippen molar-refractivity contribution < 1.29 is 33.0 Å². The summed E-state index contributed by atoms with van der Waals surface area (Å²) in [7, 11) is 0. The minimum absolute atomic E-state index is 0.362. The van der Waals surface area contributed by atoms with Gasteiger partial charge in [0.15, 0.2) is 12.7 Å². The van der Waals surface area contributed by atoms with Gasteiger partial charge in [0.2, 0.25) is 5.91 Å². The van der Waals surface area contributed by atoms with Crippen LogP contribution in [0.15, 0.2) is 48.5 Å². The van der Waals surface area contributed by atoms with Crippen LogP contribution in [0.5, 0.6) is 5.75 Å². The van der Waals surface area contributed by atoms with E-state index in [1.165, 1.54) is 24.3 Å². The van der Waals surface area contributed by atoms with Crippen molar-refractivity contribution in [2.75, 3.05) is 23.8 Å². The molecule has 0 bridgehead atoms. The fourth-order valence-corrected chi connectivity index (χ4v) is 2.55. The number of rotatable bonds is 7. The molecule has 1 heterocycles. The van der Waals surface area contributed by atoms with Crippen LogP contribution < -0.4 is 20.7 Å². The molecule has 0 spiro atoms. The van der Waals surface area contributed by atoms with Gasteiger partial charge in [0.05, 0.1) is 18.7 Å². The van der Waals surface area contributed by atoms with Crippen LogP contribution in [-0.2, 0) is 23.9 Å². The number of nitrogens with one attached hydrogen (secondary N) is 3. The predicted octanol–water partition coefficient (Wildman–Crippen LogP) is 1.21. The Hall–Kier alpha value is -3.95. The summed E-state index contributed by atoms with van der Waals surface area (Å²) in [4.78, 5) is 47.4. The molecule has 1 unspecified atom stereocenters. The van der Waals surface area contributed by atoms with E-state index in [4.69, 9.17) is 9.47 Å². The Morgan fingerprint density at radius 2 is 1.80 bits per heavy atom. The molecule has 0 radical (unpaired) electrons. The number of halogens is 1. The lowest BCUT2D eigenvalue weighted by Gasteiger charge is -2.25. The van der Waals surface area contributed by atoms with Gasteiger partial charge in [-0.1, -0.05) is 12.1 Å². The van der Waals surface area contributed by atoms with Crippen LogP contribution in [0.25, 0.3) is 0 Å². The highest BCUT2D eigenvalue weighted by atomic mass is 19.1. The maximum absolute atomic E-state index is 12.8. The fraction of sp³-hybridized carbons (Fsp3) is 0.200. The summed E-state index contributed by atoms with van der Waals surface area (Å²) >= 11 is 0. The van der Waals surface area contributed by atoms with E-state index in [-0.39, 0.29) is 13.0 Å². The molecule has 2 aromatic carbocycles. The summed E-state index contributed by atoms with van der Waals surface area (Å²) in [5, 5.41) is 7.37. The average molecular weight is 415 g/mol. The van der Waals surface area contributed by atoms with Crippen molar-refractivity contribution in [1.82, 2.24) is 5.32 Å². The molecule has 2 aromatic rings. The summed E-state index contributed by atoms with van der Waals surface area (Å²) in [6, 6.07) is 11.9. The molecule has 3 amide bonds. The molecule has 3 rings (SSSR count). The minimum Gasteiger partial charge on any atom is -0.478 e. The maximum atomic E-state index is 12.8. The zero-order valence-corrected chi connectivity index (χ0v) is 15.6. The van der Waals surface area contributed by atoms with E-state index in [9.17, 15) is 23.6 Å². The molecule has 0 saturated heterocycles. The zero-order valence-electron chi connectivity index (χ0n) is 15.6. The van der Waals surface area contributed by atoms with Crippen molar-refractivity contribution in [3.8, 4) is 5.75 Å². The number of hydrogen-bond acceptors (Lipinski definition) is 6. The summed E-state index contributed by atoms with van der Waals surface area (Å²) < 4.78 is 23.1. The monoisotopic (exact) mass is 415 g/mol.